The summed E-state index contributed by atoms with van der Waals surface area (Å²) >= 11 is 0. The van der Waals surface area contributed by atoms with Gasteiger partial charge in [0.2, 0.25) is 0 Å². The lowest BCUT2D eigenvalue weighted by atomic mass is 10.1. The molecule has 2 aromatic carbocycles. The molecule has 8 heteroatoms. The molecule has 2 amide bonds. The Morgan fingerprint density at radius 1 is 0.933 bits per heavy atom. The van der Waals surface area contributed by atoms with Gasteiger partial charge < -0.3 is 29.6 Å². The summed E-state index contributed by atoms with van der Waals surface area (Å²) in [6.45, 7) is 3.85. The van der Waals surface area contributed by atoms with Crippen molar-refractivity contribution < 1.29 is 28.5 Å². The number of methoxy groups -OCH3 is 3. The number of hydrogen-bond acceptors (Lipinski definition) is 6. The van der Waals surface area contributed by atoms with Crippen LogP contribution in [0.3, 0.4) is 0 Å². The van der Waals surface area contributed by atoms with Crippen molar-refractivity contribution in [2.75, 3.05) is 27.9 Å². The van der Waals surface area contributed by atoms with Crippen molar-refractivity contribution in [1.82, 2.24) is 10.6 Å². The van der Waals surface area contributed by atoms with Gasteiger partial charge in [-0.3, -0.25) is 9.59 Å². The van der Waals surface area contributed by atoms with E-state index in [-0.39, 0.29) is 31.0 Å². The van der Waals surface area contributed by atoms with Crippen LogP contribution in [0.25, 0.3) is 0 Å². The molecule has 0 aliphatic heterocycles. The van der Waals surface area contributed by atoms with Crippen LogP contribution in [0.2, 0.25) is 0 Å². The first-order valence-corrected chi connectivity index (χ1v) is 9.47. The highest BCUT2D eigenvalue weighted by Crippen LogP contribution is 2.31. The molecule has 0 unspecified atom stereocenters. The summed E-state index contributed by atoms with van der Waals surface area (Å²) in [5.74, 6) is 1.37. The third-order valence-corrected chi connectivity index (χ3v) is 4.16. The van der Waals surface area contributed by atoms with Crippen molar-refractivity contribution >= 4 is 11.8 Å². The van der Waals surface area contributed by atoms with E-state index in [1.165, 1.54) is 7.11 Å². The molecule has 0 saturated carbocycles. The van der Waals surface area contributed by atoms with Gasteiger partial charge >= 0.3 is 0 Å². The van der Waals surface area contributed by atoms with Gasteiger partial charge in [0.1, 0.15) is 0 Å². The number of carbonyl (C=O) groups excluding carboxylic acids is 2. The monoisotopic (exact) mass is 416 g/mol. The standard InChI is InChI=1S/C22H28N2O6/c1-14(2)24-20(25)13-30-17-10-9-15(11-19(17)28-4)22(26)23-12-16-7-6-8-18(27-3)21(16)29-5/h6-11,14H,12-13H2,1-5H3,(H,23,26)(H,24,25). The second kappa shape index (κ2) is 10.9. The third-order valence-electron chi connectivity index (χ3n) is 4.16. The number of benzene rings is 2. The fourth-order valence-corrected chi connectivity index (χ4v) is 2.81. The smallest absolute Gasteiger partial charge is 0.258 e. The summed E-state index contributed by atoms with van der Waals surface area (Å²) in [5.41, 5.74) is 1.18. The Hall–Kier alpha value is -3.42. The minimum atomic E-state index is -0.290. The molecule has 0 bridgehead atoms. The zero-order valence-electron chi connectivity index (χ0n) is 17.9. The van der Waals surface area contributed by atoms with Crippen molar-refractivity contribution in [1.29, 1.82) is 0 Å². The minimum absolute atomic E-state index is 0.0253. The van der Waals surface area contributed by atoms with Gasteiger partial charge in [-0.25, -0.2) is 0 Å². The number of nitrogens with one attached hydrogen (secondary N) is 2. The molecule has 8 nitrogen and oxygen atoms in total. The van der Waals surface area contributed by atoms with Gasteiger partial charge in [-0.1, -0.05) is 12.1 Å². The van der Waals surface area contributed by atoms with E-state index < -0.39 is 0 Å². The molecule has 0 radical (unpaired) electrons. The largest absolute Gasteiger partial charge is 0.493 e. The van der Waals surface area contributed by atoms with Gasteiger partial charge in [0.15, 0.2) is 29.6 Å². The number of hydrogen-bond donors (Lipinski definition) is 2. The predicted octanol–water partition coefficient (Wildman–Crippen LogP) is 2.55. The summed E-state index contributed by atoms with van der Waals surface area (Å²) in [4.78, 5) is 24.4. The van der Waals surface area contributed by atoms with E-state index >= 15 is 0 Å². The van der Waals surface area contributed by atoms with Crippen LogP contribution in [-0.2, 0) is 11.3 Å². The Balaban J connectivity index is 2.05. The number of amides is 2. The highest BCUT2D eigenvalue weighted by atomic mass is 16.5. The van der Waals surface area contributed by atoms with Crippen LogP contribution in [0.5, 0.6) is 23.0 Å². The van der Waals surface area contributed by atoms with E-state index in [1.807, 2.05) is 26.0 Å². The zero-order valence-corrected chi connectivity index (χ0v) is 17.9. The first-order chi connectivity index (χ1) is 14.4. The van der Waals surface area contributed by atoms with Crippen LogP contribution in [0.4, 0.5) is 0 Å². The quantitative estimate of drug-likeness (QED) is 0.618. The fraction of sp³-hybridized carbons (Fsp3) is 0.364. The molecule has 0 spiro atoms. The molecule has 0 atom stereocenters. The molecule has 0 fully saturated rings. The van der Waals surface area contributed by atoms with E-state index in [0.717, 1.165) is 5.56 Å². The lowest BCUT2D eigenvalue weighted by Crippen LogP contribution is -2.34. The Labute approximate surface area is 176 Å². The summed E-state index contributed by atoms with van der Waals surface area (Å²) in [6, 6.07) is 10.3. The molecule has 0 aliphatic carbocycles. The molecule has 30 heavy (non-hydrogen) atoms. The van der Waals surface area contributed by atoms with Crippen LogP contribution in [0.15, 0.2) is 36.4 Å². The van der Waals surface area contributed by atoms with Crippen molar-refractivity contribution in [2.24, 2.45) is 0 Å². The maximum absolute atomic E-state index is 12.6. The van der Waals surface area contributed by atoms with Gasteiger partial charge in [0, 0.05) is 23.7 Å². The van der Waals surface area contributed by atoms with Crippen LogP contribution in [0.1, 0.15) is 29.8 Å². The van der Waals surface area contributed by atoms with E-state index in [2.05, 4.69) is 10.6 Å². The molecular formula is C22H28N2O6. The summed E-state index contributed by atoms with van der Waals surface area (Å²) in [5, 5.41) is 5.59. The molecular weight excluding hydrogens is 388 g/mol. The molecule has 0 heterocycles. The molecule has 162 valence electrons. The fourth-order valence-electron chi connectivity index (χ4n) is 2.81. The van der Waals surface area contributed by atoms with Gasteiger partial charge in [0.05, 0.1) is 21.3 Å². The van der Waals surface area contributed by atoms with Gasteiger partial charge in [-0.2, -0.15) is 0 Å². The Bertz CT molecular complexity index is 882. The highest BCUT2D eigenvalue weighted by Gasteiger charge is 2.15. The molecule has 0 aliphatic rings. The number of ether oxygens (including phenoxy) is 4. The number of rotatable bonds is 10. The average Bonchev–Trinajstić information content (AvgIpc) is 2.74. The van der Waals surface area contributed by atoms with Crippen LogP contribution < -0.4 is 29.6 Å². The molecule has 2 rings (SSSR count). The van der Waals surface area contributed by atoms with Crippen LogP contribution in [-0.4, -0.2) is 45.8 Å². The van der Waals surface area contributed by atoms with Crippen molar-refractivity contribution in [3.8, 4) is 23.0 Å². The van der Waals surface area contributed by atoms with Gasteiger partial charge in [-0.05, 0) is 38.1 Å². The van der Waals surface area contributed by atoms with E-state index in [1.54, 1.807) is 38.5 Å². The maximum atomic E-state index is 12.6. The molecule has 0 saturated heterocycles. The second-order valence-electron chi connectivity index (χ2n) is 6.71. The van der Waals surface area contributed by atoms with E-state index in [4.69, 9.17) is 18.9 Å². The summed E-state index contributed by atoms with van der Waals surface area (Å²) in [6.07, 6.45) is 0. The first-order valence-electron chi connectivity index (χ1n) is 9.47. The van der Waals surface area contributed by atoms with Crippen LogP contribution in [0, 0.1) is 0 Å². The minimum Gasteiger partial charge on any atom is -0.493 e. The average molecular weight is 416 g/mol. The van der Waals surface area contributed by atoms with Crippen molar-refractivity contribution in [3.05, 3.63) is 47.5 Å². The first kappa shape index (κ1) is 22.9. The Kier molecular flexibility index (Phi) is 8.34. The summed E-state index contributed by atoms with van der Waals surface area (Å²) < 4.78 is 21.5. The van der Waals surface area contributed by atoms with Crippen molar-refractivity contribution in [2.45, 2.75) is 26.4 Å². The normalized spacial score (nSPS) is 10.3. The Morgan fingerprint density at radius 3 is 2.30 bits per heavy atom. The number of carbonyl (C=O) groups is 2. The third kappa shape index (κ3) is 6.04. The lowest BCUT2D eigenvalue weighted by Gasteiger charge is -2.14. The topological polar surface area (TPSA) is 95.1 Å². The van der Waals surface area contributed by atoms with Gasteiger partial charge in [-0.15, -0.1) is 0 Å². The lowest BCUT2D eigenvalue weighted by molar-refractivity contribution is -0.123. The van der Waals surface area contributed by atoms with Crippen LogP contribution >= 0.6 is 0 Å². The highest BCUT2D eigenvalue weighted by molar-refractivity contribution is 5.95. The predicted molar refractivity (Wildman–Crippen MR) is 112 cm³/mol. The van der Waals surface area contributed by atoms with Gasteiger partial charge in [0.25, 0.3) is 11.8 Å². The number of para-hydroxylation sites is 1. The molecule has 2 N–H and O–H groups in total. The SMILES string of the molecule is COc1cc(C(=O)NCc2cccc(OC)c2OC)ccc1OCC(=O)NC(C)C. The molecule has 0 aromatic heterocycles. The van der Waals surface area contributed by atoms with E-state index in [0.29, 0.717) is 28.6 Å². The van der Waals surface area contributed by atoms with E-state index in [9.17, 15) is 9.59 Å². The molecule has 2 aromatic rings. The van der Waals surface area contributed by atoms with Crippen molar-refractivity contribution in [3.63, 3.8) is 0 Å². The second-order valence-corrected chi connectivity index (χ2v) is 6.71. The Morgan fingerprint density at radius 2 is 1.67 bits per heavy atom. The summed E-state index contributed by atoms with van der Waals surface area (Å²) in [7, 11) is 4.58. The maximum Gasteiger partial charge on any atom is 0.258 e. The zero-order chi connectivity index (χ0) is 22.1.